The summed E-state index contributed by atoms with van der Waals surface area (Å²) in [5.74, 6) is -5.18. The Morgan fingerprint density at radius 1 is 1.33 bits per heavy atom. The predicted molar refractivity (Wildman–Crippen MR) is 117 cm³/mol. The minimum Gasteiger partial charge on any atom is -0.481 e. The number of aliphatic hydroxyl groups is 2. The maximum absolute atomic E-state index is 15.9. The first-order chi connectivity index (χ1) is 15.7. The molecule has 0 bridgehead atoms. The molecule has 3 rings (SSSR count). The van der Waals surface area contributed by atoms with Gasteiger partial charge in [0.1, 0.15) is 18.5 Å². The van der Waals surface area contributed by atoms with Crippen molar-refractivity contribution < 1.29 is 29.2 Å². The monoisotopic (exact) mass is 463 g/mol. The van der Waals surface area contributed by atoms with Gasteiger partial charge in [-0.1, -0.05) is 51.4 Å². The Labute approximate surface area is 191 Å². The van der Waals surface area contributed by atoms with Crippen LogP contribution in [0.25, 0.3) is 11.2 Å². The van der Waals surface area contributed by atoms with Crippen molar-refractivity contribution in [1.29, 1.82) is 0 Å². The zero-order valence-electron chi connectivity index (χ0n) is 18.5. The summed E-state index contributed by atoms with van der Waals surface area (Å²) in [4.78, 5) is 24.1. The highest BCUT2D eigenvalue weighted by atomic mass is 19.2. The quantitative estimate of drug-likeness (QED) is 0.289. The number of nitrogens with two attached hydrogens (primary N) is 1. The van der Waals surface area contributed by atoms with Crippen molar-refractivity contribution >= 4 is 23.0 Å². The number of halogens is 1. The first-order valence-corrected chi connectivity index (χ1v) is 11.1. The van der Waals surface area contributed by atoms with E-state index in [9.17, 15) is 20.1 Å². The lowest BCUT2D eigenvalue weighted by molar-refractivity contribution is -0.202. The minimum absolute atomic E-state index is 0.0534. The Morgan fingerprint density at radius 2 is 2.03 bits per heavy atom. The molecule has 0 amide bonds. The number of carboxylic acid groups (broad SMARTS) is 1. The second-order valence-electron chi connectivity index (χ2n) is 8.45. The molecule has 0 saturated carbocycles. The maximum atomic E-state index is 15.9. The molecule has 180 valence electrons. The molecule has 5 atom stereocenters. The fourth-order valence-corrected chi connectivity index (χ4v) is 4.62. The molecule has 33 heavy (non-hydrogen) atoms. The van der Waals surface area contributed by atoms with Crippen LogP contribution in [0.2, 0.25) is 0 Å². The molecular weight excluding hydrogens is 433 g/mol. The van der Waals surface area contributed by atoms with Crippen molar-refractivity contribution in [3.8, 4) is 12.3 Å². The lowest BCUT2D eigenvalue weighted by atomic mass is 9.73. The zero-order valence-corrected chi connectivity index (χ0v) is 18.5. The lowest BCUT2D eigenvalue weighted by Gasteiger charge is -2.34. The molecule has 1 aliphatic heterocycles. The third-order valence-corrected chi connectivity index (χ3v) is 6.30. The van der Waals surface area contributed by atoms with Gasteiger partial charge in [0.05, 0.1) is 18.2 Å². The highest BCUT2D eigenvalue weighted by Crippen LogP contribution is 2.54. The summed E-state index contributed by atoms with van der Waals surface area (Å²) in [6.45, 7) is 0.902. The molecule has 3 heterocycles. The summed E-state index contributed by atoms with van der Waals surface area (Å²) < 4.78 is 22.5. The van der Waals surface area contributed by atoms with Crippen LogP contribution in [0.4, 0.5) is 10.2 Å². The van der Waals surface area contributed by atoms with Gasteiger partial charge in [-0.2, -0.15) is 0 Å². The van der Waals surface area contributed by atoms with Gasteiger partial charge in [0.15, 0.2) is 23.3 Å². The van der Waals surface area contributed by atoms with E-state index in [1.165, 1.54) is 10.9 Å². The third kappa shape index (κ3) is 4.51. The number of hydrogen-bond donors (Lipinski definition) is 4. The number of aliphatic carboxylic acids is 1. The van der Waals surface area contributed by atoms with Crippen molar-refractivity contribution in [3.05, 3.63) is 12.7 Å². The lowest BCUT2D eigenvalue weighted by Crippen LogP contribution is -2.51. The van der Waals surface area contributed by atoms with Gasteiger partial charge in [0, 0.05) is 0 Å². The Balaban J connectivity index is 1.96. The standard InChI is InChI=1S/C22H30FN5O5/c1-3-5-6-7-8-9-10-14(19(30)31)16-21(32,4-2)20(33-22(16,23)11-29)28-13-27-15-17(24)25-12-26-18(15)28/h2,12-14,16,20,29,32H,3,5-11H2,1H3,(H,30,31)(H2,24,25,26)/t14-,16-,20+,21-,22?/m0/s1. The van der Waals surface area contributed by atoms with Crippen LogP contribution in [0.5, 0.6) is 0 Å². The summed E-state index contributed by atoms with van der Waals surface area (Å²) in [6, 6.07) is 0. The first-order valence-electron chi connectivity index (χ1n) is 11.1. The number of aliphatic hydroxyl groups excluding tert-OH is 1. The fourth-order valence-electron chi connectivity index (χ4n) is 4.62. The Hall–Kier alpha value is -2.81. The number of ether oxygens (including phenoxy) is 1. The number of nitrogens with zero attached hydrogens (tertiary/aromatic N) is 4. The smallest absolute Gasteiger partial charge is 0.307 e. The van der Waals surface area contributed by atoms with Crippen molar-refractivity contribution in [3.63, 3.8) is 0 Å². The molecule has 1 aliphatic rings. The number of carbonyl (C=O) groups is 1. The van der Waals surface area contributed by atoms with Gasteiger partial charge in [-0.15, -0.1) is 6.42 Å². The minimum atomic E-state index is -2.91. The largest absolute Gasteiger partial charge is 0.481 e. The SMILES string of the molecule is C#C[C@]1(O)[C@H]([C@H](CCCCCCCC)C(=O)O)C(F)(CO)O[C@H]1n1cnc2c(N)ncnc21. The number of carboxylic acids is 1. The second kappa shape index (κ2) is 9.99. The van der Waals surface area contributed by atoms with Crippen LogP contribution in [-0.2, 0) is 9.53 Å². The van der Waals surface area contributed by atoms with Gasteiger partial charge in [0.2, 0.25) is 5.85 Å². The number of fused-ring (bicyclic) bond motifs is 1. The first kappa shape index (κ1) is 24.8. The Bertz CT molecular complexity index is 1030. The number of anilines is 1. The van der Waals surface area contributed by atoms with E-state index in [0.29, 0.717) is 6.42 Å². The molecule has 1 unspecified atom stereocenters. The average molecular weight is 464 g/mol. The van der Waals surface area contributed by atoms with Gasteiger partial charge in [-0.05, 0) is 6.42 Å². The van der Waals surface area contributed by atoms with E-state index in [1.807, 2.05) is 0 Å². The predicted octanol–water partition coefficient (Wildman–Crippen LogP) is 2.03. The summed E-state index contributed by atoms with van der Waals surface area (Å²) >= 11 is 0. The molecule has 1 fully saturated rings. The Morgan fingerprint density at radius 3 is 2.67 bits per heavy atom. The average Bonchev–Trinajstić information content (AvgIpc) is 3.32. The number of alkyl halides is 1. The molecule has 5 N–H and O–H groups in total. The fraction of sp³-hybridized carbons (Fsp3) is 0.636. The number of terminal acetylenes is 1. The molecule has 10 nitrogen and oxygen atoms in total. The number of unbranched alkanes of at least 4 members (excludes halogenated alkanes) is 5. The molecule has 2 aromatic rings. The van der Waals surface area contributed by atoms with Gasteiger partial charge < -0.3 is 25.8 Å². The molecule has 1 saturated heterocycles. The summed E-state index contributed by atoms with van der Waals surface area (Å²) in [5.41, 5.74) is 3.67. The van der Waals surface area contributed by atoms with Crippen molar-refractivity contribution in [2.24, 2.45) is 11.8 Å². The van der Waals surface area contributed by atoms with Crippen LogP contribution < -0.4 is 5.73 Å². The number of aromatic nitrogens is 4. The van der Waals surface area contributed by atoms with E-state index in [2.05, 4.69) is 27.8 Å². The van der Waals surface area contributed by atoms with Crippen molar-refractivity contribution in [2.75, 3.05) is 12.3 Å². The number of hydrogen-bond acceptors (Lipinski definition) is 8. The number of imidazole rings is 1. The van der Waals surface area contributed by atoms with Crippen LogP contribution in [0.3, 0.4) is 0 Å². The number of nitrogen functional groups attached to an aromatic ring is 1. The van der Waals surface area contributed by atoms with Gasteiger partial charge in [0.25, 0.3) is 0 Å². The molecule has 0 spiro atoms. The van der Waals surface area contributed by atoms with Crippen molar-refractivity contribution in [1.82, 2.24) is 19.5 Å². The molecule has 2 aromatic heterocycles. The second-order valence-corrected chi connectivity index (χ2v) is 8.45. The number of rotatable bonds is 11. The molecule has 0 aliphatic carbocycles. The van der Waals surface area contributed by atoms with Gasteiger partial charge in [-0.3, -0.25) is 9.36 Å². The van der Waals surface area contributed by atoms with E-state index in [-0.39, 0.29) is 23.4 Å². The summed E-state index contributed by atoms with van der Waals surface area (Å²) in [7, 11) is 0. The van der Waals surface area contributed by atoms with Crippen LogP contribution in [0.1, 0.15) is 58.1 Å². The summed E-state index contributed by atoms with van der Waals surface area (Å²) in [6.07, 6.45) is 11.8. The van der Waals surface area contributed by atoms with Gasteiger partial charge >= 0.3 is 5.97 Å². The van der Waals surface area contributed by atoms with E-state index in [0.717, 1.165) is 38.4 Å². The van der Waals surface area contributed by atoms with E-state index in [4.69, 9.17) is 16.9 Å². The molecule has 0 radical (unpaired) electrons. The zero-order chi connectivity index (χ0) is 24.2. The van der Waals surface area contributed by atoms with E-state index < -0.39 is 42.1 Å². The van der Waals surface area contributed by atoms with Gasteiger partial charge in [-0.25, -0.2) is 19.3 Å². The topological polar surface area (TPSA) is 157 Å². The van der Waals surface area contributed by atoms with Crippen LogP contribution in [0.15, 0.2) is 12.7 Å². The highest BCUT2D eigenvalue weighted by Gasteiger charge is 2.68. The Kier molecular flexibility index (Phi) is 7.51. The van der Waals surface area contributed by atoms with Crippen LogP contribution in [0, 0.1) is 24.2 Å². The highest BCUT2D eigenvalue weighted by molar-refractivity contribution is 5.81. The third-order valence-electron chi connectivity index (χ3n) is 6.30. The van der Waals surface area contributed by atoms with E-state index in [1.54, 1.807) is 0 Å². The summed E-state index contributed by atoms with van der Waals surface area (Å²) in [5, 5.41) is 31.2. The van der Waals surface area contributed by atoms with Crippen LogP contribution >= 0.6 is 0 Å². The normalized spacial score (nSPS) is 28.1. The molecule has 11 heteroatoms. The van der Waals surface area contributed by atoms with E-state index >= 15 is 4.39 Å². The van der Waals surface area contributed by atoms with Crippen molar-refractivity contribution in [2.45, 2.75) is 69.6 Å². The van der Waals surface area contributed by atoms with Crippen LogP contribution in [-0.4, -0.2) is 58.9 Å². The molecule has 0 aromatic carbocycles. The maximum Gasteiger partial charge on any atom is 0.307 e. The molecular formula is C22H30FN5O5.